The fraction of sp³-hybridized carbons (Fsp3) is 0.161. The van der Waals surface area contributed by atoms with Gasteiger partial charge in [0, 0.05) is 41.2 Å². The lowest BCUT2D eigenvalue weighted by molar-refractivity contribution is 0.122. The molecule has 0 aliphatic carbocycles. The number of hydrogen-bond acceptors (Lipinski definition) is 6. The van der Waals surface area contributed by atoms with Gasteiger partial charge in [0.2, 0.25) is 0 Å². The Balaban J connectivity index is 1.55. The number of morpholine rings is 1. The smallest absolute Gasteiger partial charge is 0.268 e. The van der Waals surface area contributed by atoms with Crippen molar-refractivity contribution < 1.29 is 13.2 Å². The van der Waals surface area contributed by atoms with Crippen molar-refractivity contribution in [1.82, 2.24) is 8.96 Å². The Morgan fingerprint density at radius 1 is 0.821 bits per heavy atom. The van der Waals surface area contributed by atoms with E-state index in [2.05, 4.69) is 16.0 Å². The van der Waals surface area contributed by atoms with Crippen LogP contribution in [0.4, 0.5) is 5.82 Å². The Morgan fingerprint density at radius 3 is 2.41 bits per heavy atom. The van der Waals surface area contributed by atoms with Gasteiger partial charge in [-0.05, 0) is 42.0 Å². The van der Waals surface area contributed by atoms with Crippen LogP contribution in [-0.4, -0.2) is 56.4 Å². The van der Waals surface area contributed by atoms with Crippen molar-refractivity contribution in [2.24, 2.45) is 4.99 Å². The Kier molecular flexibility index (Phi) is 5.79. The highest BCUT2D eigenvalue weighted by Crippen LogP contribution is 2.39. The van der Waals surface area contributed by atoms with Gasteiger partial charge in [-0.2, -0.15) is 0 Å². The van der Waals surface area contributed by atoms with Crippen molar-refractivity contribution in [2.75, 3.05) is 37.7 Å². The molecule has 2 aromatic heterocycles. The highest BCUT2D eigenvalue weighted by Gasteiger charge is 2.26. The molecular weight excluding hydrogens is 508 g/mol. The third kappa shape index (κ3) is 4.04. The zero-order chi connectivity index (χ0) is 26.4. The van der Waals surface area contributed by atoms with Gasteiger partial charge in [-0.15, -0.1) is 0 Å². The Hall–Kier alpha value is -4.27. The van der Waals surface area contributed by atoms with Crippen LogP contribution in [0.25, 0.3) is 38.6 Å². The lowest BCUT2D eigenvalue weighted by Gasteiger charge is -2.29. The quantitative estimate of drug-likeness (QED) is 0.302. The van der Waals surface area contributed by atoms with Crippen LogP contribution in [0.3, 0.4) is 0 Å². The number of benzene rings is 3. The molecule has 3 aromatic carbocycles. The van der Waals surface area contributed by atoms with Crippen LogP contribution in [0.15, 0.2) is 101 Å². The number of para-hydroxylation sites is 2. The number of aromatic nitrogens is 2. The van der Waals surface area contributed by atoms with Gasteiger partial charge in [0.05, 0.1) is 41.4 Å². The van der Waals surface area contributed by atoms with Crippen LogP contribution in [0.2, 0.25) is 0 Å². The lowest BCUT2D eigenvalue weighted by atomic mass is 9.98. The lowest BCUT2D eigenvalue weighted by Crippen LogP contribution is -2.36. The Morgan fingerprint density at radius 2 is 1.62 bits per heavy atom. The summed E-state index contributed by atoms with van der Waals surface area (Å²) in [5.41, 5.74) is 5.00. The van der Waals surface area contributed by atoms with Crippen molar-refractivity contribution in [2.45, 2.75) is 4.90 Å². The average molecular weight is 535 g/mol. The summed E-state index contributed by atoms with van der Waals surface area (Å²) in [6, 6.07) is 26.3. The van der Waals surface area contributed by atoms with Gasteiger partial charge >= 0.3 is 0 Å². The number of anilines is 1. The number of aliphatic imine (C=N–C) groups is 1. The topological polar surface area (TPSA) is 76.8 Å². The van der Waals surface area contributed by atoms with E-state index in [1.807, 2.05) is 66.9 Å². The van der Waals surface area contributed by atoms with E-state index in [-0.39, 0.29) is 4.90 Å². The number of nitrogens with zero attached hydrogens (tertiary/aromatic N) is 4. The van der Waals surface area contributed by atoms with Crippen molar-refractivity contribution in [3.63, 3.8) is 0 Å². The molecule has 0 unspecified atom stereocenters. The number of fused-ring (bicyclic) bond motifs is 2. The summed E-state index contributed by atoms with van der Waals surface area (Å²) in [6.45, 7) is 3.28. The van der Waals surface area contributed by atoms with E-state index in [1.54, 1.807) is 24.3 Å². The molecule has 4 heterocycles. The standard InChI is InChI=1S/C31H26N4O3S/c36-39(37,24-8-2-1-3-9-24)35-28-12-5-4-7-22(28)19-29(35)27-20-30(34-15-17-38-18-16-34)33-31-25(10-6-11-26(27)31)23-13-14-32-21-23/h1-14,19-20H,15-18,21H2. The highest BCUT2D eigenvalue weighted by atomic mass is 32.2. The normalized spacial score (nSPS) is 15.8. The second kappa shape index (κ2) is 9.48. The first kappa shape index (κ1) is 23.8. The highest BCUT2D eigenvalue weighted by molar-refractivity contribution is 7.90. The van der Waals surface area contributed by atoms with Crippen molar-refractivity contribution in [3.8, 4) is 11.3 Å². The average Bonchev–Trinajstić information content (AvgIpc) is 3.66. The second-order valence-electron chi connectivity index (χ2n) is 9.68. The van der Waals surface area contributed by atoms with Crippen LogP contribution >= 0.6 is 0 Å². The molecule has 0 radical (unpaired) electrons. The first-order valence-corrected chi connectivity index (χ1v) is 14.4. The molecule has 194 valence electrons. The summed E-state index contributed by atoms with van der Waals surface area (Å²) < 4.78 is 35.5. The summed E-state index contributed by atoms with van der Waals surface area (Å²) in [6.07, 6.45) is 3.85. The number of allylic oxidation sites excluding steroid dienone is 1. The van der Waals surface area contributed by atoms with Gasteiger partial charge < -0.3 is 9.64 Å². The van der Waals surface area contributed by atoms with Crippen molar-refractivity contribution in [3.05, 3.63) is 96.6 Å². The predicted molar refractivity (Wildman–Crippen MR) is 156 cm³/mol. The second-order valence-corrected chi connectivity index (χ2v) is 11.5. The zero-order valence-electron chi connectivity index (χ0n) is 21.2. The molecular formula is C31H26N4O3S. The van der Waals surface area contributed by atoms with E-state index in [0.717, 1.165) is 51.9 Å². The summed E-state index contributed by atoms with van der Waals surface area (Å²) in [5.74, 6) is 0.807. The monoisotopic (exact) mass is 534 g/mol. The predicted octanol–water partition coefficient (Wildman–Crippen LogP) is 5.40. The van der Waals surface area contributed by atoms with Gasteiger partial charge in [-0.25, -0.2) is 17.4 Å². The molecule has 0 saturated carbocycles. The van der Waals surface area contributed by atoms with Crippen LogP contribution in [0, 0.1) is 0 Å². The molecule has 0 spiro atoms. The molecule has 7 nitrogen and oxygen atoms in total. The third-order valence-electron chi connectivity index (χ3n) is 7.37. The van der Waals surface area contributed by atoms with E-state index in [0.29, 0.717) is 31.0 Å². The first-order chi connectivity index (χ1) is 19.1. The molecule has 0 amide bonds. The summed E-state index contributed by atoms with van der Waals surface area (Å²) in [7, 11) is -3.90. The van der Waals surface area contributed by atoms with Gasteiger partial charge in [-0.3, -0.25) is 4.99 Å². The largest absolute Gasteiger partial charge is 0.378 e. The summed E-state index contributed by atoms with van der Waals surface area (Å²) in [4.78, 5) is 12.0. The van der Waals surface area contributed by atoms with Crippen LogP contribution in [0.1, 0.15) is 5.56 Å². The van der Waals surface area contributed by atoms with Gasteiger partial charge in [0.25, 0.3) is 10.0 Å². The van der Waals surface area contributed by atoms with Crippen LogP contribution in [0.5, 0.6) is 0 Å². The molecule has 1 fully saturated rings. The molecule has 8 heteroatoms. The maximum Gasteiger partial charge on any atom is 0.268 e. The number of pyridine rings is 1. The van der Waals surface area contributed by atoms with Crippen LogP contribution < -0.4 is 4.90 Å². The zero-order valence-corrected chi connectivity index (χ0v) is 22.0. The first-order valence-electron chi connectivity index (χ1n) is 13.0. The number of ether oxygens (including phenoxy) is 1. The fourth-order valence-corrected chi connectivity index (χ4v) is 7.00. The minimum Gasteiger partial charge on any atom is -0.378 e. The molecule has 1 saturated heterocycles. The molecule has 2 aliphatic heterocycles. The van der Waals surface area contributed by atoms with E-state index >= 15 is 0 Å². The molecule has 39 heavy (non-hydrogen) atoms. The molecule has 0 bridgehead atoms. The number of hydrogen-bond donors (Lipinski definition) is 0. The SMILES string of the molecule is O=S(=O)(c1ccccc1)n1c(-c2cc(N3CCOCC3)nc3c(C4=CC=NC4)cccc23)cc2ccccc21. The van der Waals surface area contributed by atoms with Crippen molar-refractivity contribution in [1.29, 1.82) is 0 Å². The minimum absolute atomic E-state index is 0.244. The Bertz CT molecular complexity index is 1890. The Labute approximate surface area is 226 Å². The molecule has 7 rings (SSSR count). The maximum atomic E-state index is 14.2. The molecule has 5 aromatic rings. The van der Waals surface area contributed by atoms with Gasteiger partial charge in [-0.1, -0.05) is 54.6 Å². The van der Waals surface area contributed by atoms with E-state index < -0.39 is 10.0 Å². The fourth-order valence-electron chi connectivity index (χ4n) is 5.46. The van der Waals surface area contributed by atoms with E-state index in [9.17, 15) is 8.42 Å². The maximum absolute atomic E-state index is 14.2. The van der Waals surface area contributed by atoms with Crippen molar-refractivity contribution >= 4 is 49.4 Å². The molecule has 0 atom stereocenters. The summed E-state index contributed by atoms with van der Waals surface area (Å²) >= 11 is 0. The molecule has 0 N–H and O–H groups in total. The third-order valence-corrected chi connectivity index (χ3v) is 9.12. The van der Waals surface area contributed by atoms with Gasteiger partial charge in [0.1, 0.15) is 5.82 Å². The molecule has 2 aliphatic rings. The summed E-state index contributed by atoms with van der Waals surface area (Å²) in [5, 5.41) is 1.75. The van der Waals surface area contributed by atoms with Crippen LogP contribution in [-0.2, 0) is 14.8 Å². The minimum atomic E-state index is -3.90. The van der Waals surface area contributed by atoms with E-state index in [4.69, 9.17) is 9.72 Å². The van der Waals surface area contributed by atoms with E-state index in [1.165, 1.54) is 3.97 Å². The van der Waals surface area contributed by atoms with Gasteiger partial charge in [0.15, 0.2) is 0 Å². The number of rotatable bonds is 5.